The van der Waals surface area contributed by atoms with E-state index in [0.29, 0.717) is 59.5 Å². The fourth-order valence-electron chi connectivity index (χ4n) is 6.82. The van der Waals surface area contributed by atoms with E-state index in [1.54, 1.807) is 11.0 Å². The van der Waals surface area contributed by atoms with Crippen LogP contribution in [0.1, 0.15) is 36.0 Å². The van der Waals surface area contributed by atoms with Crippen LogP contribution in [0.2, 0.25) is 5.02 Å². The highest BCUT2D eigenvalue weighted by molar-refractivity contribution is 6.35. The molecule has 45 heavy (non-hydrogen) atoms. The van der Waals surface area contributed by atoms with Crippen molar-refractivity contribution in [2.75, 3.05) is 38.6 Å². The fraction of sp³-hybridized carbons (Fsp3) is 0.484. The molecule has 4 amide bonds. The van der Waals surface area contributed by atoms with Crippen molar-refractivity contribution in [1.29, 1.82) is 0 Å². The molecule has 0 unspecified atom stereocenters. The number of aromatic nitrogens is 2. The molecule has 14 heteroatoms. The van der Waals surface area contributed by atoms with Crippen LogP contribution in [0.15, 0.2) is 36.5 Å². The lowest BCUT2D eigenvalue weighted by Gasteiger charge is -2.38. The lowest BCUT2D eigenvalue weighted by molar-refractivity contribution is -0.165. The molecular formula is C31H34ClF3N6O4. The number of likely N-dealkylation sites (tertiary alicyclic amines) is 1. The number of nitrogens with one attached hydrogen (secondary N) is 1. The maximum atomic E-state index is 13.6. The van der Waals surface area contributed by atoms with E-state index in [1.807, 2.05) is 29.2 Å². The van der Waals surface area contributed by atoms with Gasteiger partial charge in [-0.15, -0.1) is 0 Å². The zero-order chi connectivity index (χ0) is 31.9. The Balaban J connectivity index is 1.17. The number of anilines is 1. The molecular weight excluding hydrogens is 613 g/mol. The zero-order valence-corrected chi connectivity index (χ0v) is 25.5. The van der Waals surface area contributed by atoms with Crippen LogP contribution in [0.5, 0.6) is 0 Å². The molecule has 1 N–H and O–H groups in total. The van der Waals surface area contributed by atoms with Crippen LogP contribution < -0.4 is 5.32 Å². The van der Waals surface area contributed by atoms with E-state index in [2.05, 4.69) is 10.4 Å². The van der Waals surface area contributed by atoms with Gasteiger partial charge < -0.3 is 24.8 Å². The van der Waals surface area contributed by atoms with Crippen LogP contribution in [0, 0.1) is 5.92 Å². The smallest absolute Gasteiger partial charge is 0.362 e. The van der Waals surface area contributed by atoms with Gasteiger partial charge in [0.15, 0.2) is 0 Å². The monoisotopic (exact) mass is 646 g/mol. The molecule has 240 valence electrons. The van der Waals surface area contributed by atoms with Crippen LogP contribution >= 0.6 is 11.6 Å². The number of rotatable bonds is 6. The number of alkyl halides is 3. The minimum Gasteiger partial charge on any atom is -0.362 e. The number of fused-ring (bicyclic) bond motifs is 4. The summed E-state index contributed by atoms with van der Waals surface area (Å²) in [6.45, 7) is -0.286. The van der Waals surface area contributed by atoms with E-state index in [4.69, 9.17) is 16.3 Å². The number of hydrogen-bond acceptors (Lipinski definition) is 5. The molecule has 2 aromatic carbocycles. The molecule has 10 nitrogen and oxygen atoms in total. The van der Waals surface area contributed by atoms with Gasteiger partial charge in [0.1, 0.15) is 13.3 Å². The number of urea groups is 1. The van der Waals surface area contributed by atoms with Gasteiger partial charge >= 0.3 is 12.2 Å². The molecule has 0 bridgehead atoms. The van der Waals surface area contributed by atoms with E-state index < -0.39 is 24.5 Å². The van der Waals surface area contributed by atoms with Gasteiger partial charge in [-0.05, 0) is 54.5 Å². The Kier molecular flexibility index (Phi) is 8.66. The average molecular weight is 647 g/mol. The summed E-state index contributed by atoms with van der Waals surface area (Å²) in [6.07, 6.45) is -1.40. The van der Waals surface area contributed by atoms with Gasteiger partial charge in [0, 0.05) is 56.8 Å². The summed E-state index contributed by atoms with van der Waals surface area (Å²) in [5.41, 5.74) is 3.53. The van der Waals surface area contributed by atoms with Crippen molar-refractivity contribution < 1.29 is 32.3 Å². The number of para-hydroxylation sites is 1. The normalized spacial score (nSPS) is 19.7. The third-order valence-electron chi connectivity index (χ3n) is 9.00. The van der Waals surface area contributed by atoms with E-state index in [9.17, 15) is 27.6 Å². The molecule has 3 aliphatic rings. The van der Waals surface area contributed by atoms with Crippen molar-refractivity contribution in [1.82, 2.24) is 24.5 Å². The number of methoxy groups -OCH3 is 1. The molecule has 4 heterocycles. The first-order valence-corrected chi connectivity index (χ1v) is 15.3. The van der Waals surface area contributed by atoms with E-state index in [0.717, 1.165) is 22.6 Å². The number of hydrogen-bond donors (Lipinski definition) is 1. The Bertz CT molecular complexity index is 1620. The largest absolute Gasteiger partial charge is 0.406 e. The zero-order valence-electron chi connectivity index (χ0n) is 24.8. The number of benzene rings is 2. The third-order valence-corrected chi connectivity index (χ3v) is 9.29. The fourth-order valence-corrected chi connectivity index (χ4v) is 7.15. The predicted molar refractivity (Wildman–Crippen MR) is 161 cm³/mol. The van der Waals surface area contributed by atoms with Crippen molar-refractivity contribution in [2.45, 2.75) is 57.6 Å². The first kappa shape index (κ1) is 31.2. The Labute approximate surface area is 263 Å². The predicted octanol–water partition coefficient (Wildman–Crippen LogP) is 4.83. The molecule has 6 rings (SSSR count). The highest BCUT2D eigenvalue weighted by atomic mass is 35.5. The molecule has 3 aliphatic heterocycles. The second-order valence-corrected chi connectivity index (χ2v) is 12.3. The van der Waals surface area contributed by atoms with Gasteiger partial charge in [-0.25, -0.2) is 9.48 Å². The molecule has 0 aliphatic carbocycles. The topological polar surface area (TPSA) is 100 Å². The molecule has 1 aromatic heterocycles. The van der Waals surface area contributed by atoms with Gasteiger partial charge in [-0.3, -0.25) is 9.59 Å². The number of nitrogens with zero attached hydrogens (tertiary/aromatic N) is 5. The number of amides is 4. The number of ether oxygens (including phenoxy) is 1. The van der Waals surface area contributed by atoms with Gasteiger partial charge in [-0.1, -0.05) is 29.8 Å². The number of halogens is 4. The minimum atomic E-state index is -4.62. The maximum Gasteiger partial charge on any atom is 0.406 e. The SMILES string of the molecule is COCn1ncc2c3c(cc(Cl)c21)C[C@@H](CC(=O)N1CCC(N2CCc4ccccc4NC2=O)CC1)C(=O)N(CC(F)(F)F)C3. The molecule has 1 fully saturated rings. The first-order chi connectivity index (χ1) is 21.5. The van der Waals surface area contributed by atoms with E-state index >= 15 is 0 Å². The summed E-state index contributed by atoms with van der Waals surface area (Å²) < 4.78 is 47.6. The molecule has 1 saturated heterocycles. The summed E-state index contributed by atoms with van der Waals surface area (Å²) in [5, 5.41) is 8.15. The van der Waals surface area contributed by atoms with Crippen molar-refractivity contribution in [3.05, 3.63) is 58.2 Å². The maximum absolute atomic E-state index is 13.6. The number of carbonyl (C=O) groups excluding carboxylic acids is 3. The van der Waals surface area contributed by atoms with Crippen molar-refractivity contribution >= 4 is 46.0 Å². The van der Waals surface area contributed by atoms with Crippen LogP contribution in [-0.4, -0.2) is 87.8 Å². The van der Waals surface area contributed by atoms with Gasteiger partial charge in [0.25, 0.3) is 0 Å². The molecule has 1 atom stereocenters. The van der Waals surface area contributed by atoms with Crippen molar-refractivity contribution in [3.8, 4) is 0 Å². The number of carbonyl (C=O) groups is 3. The summed E-state index contributed by atoms with van der Waals surface area (Å²) >= 11 is 6.61. The van der Waals surface area contributed by atoms with Gasteiger partial charge in [-0.2, -0.15) is 18.3 Å². The summed E-state index contributed by atoms with van der Waals surface area (Å²) in [6, 6.07) is 9.13. The Morgan fingerprint density at radius 3 is 2.62 bits per heavy atom. The second-order valence-electron chi connectivity index (χ2n) is 11.9. The van der Waals surface area contributed by atoms with Crippen LogP contribution in [-0.2, 0) is 40.4 Å². The quantitative estimate of drug-likeness (QED) is 0.414. The van der Waals surface area contributed by atoms with Crippen LogP contribution in [0.4, 0.5) is 23.7 Å². The molecule has 0 radical (unpaired) electrons. The lowest BCUT2D eigenvalue weighted by atomic mass is 9.92. The Morgan fingerprint density at radius 2 is 1.89 bits per heavy atom. The Hall–Kier alpha value is -3.84. The highest BCUT2D eigenvalue weighted by Gasteiger charge is 2.40. The Morgan fingerprint density at radius 1 is 1.13 bits per heavy atom. The summed E-state index contributed by atoms with van der Waals surface area (Å²) in [4.78, 5) is 44.4. The summed E-state index contributed by atoms with van der Waals surface area (Å²) in [5.74, 6) is -2.01. The van der Waals surface area contributed by atoms with Crippen LogP contribution in [0.3, 0.4) is 0 Å². The van der Waals surface area contributed by atoms with Gasteiger partial charge in [0.2, 0.25) is 11.8 Å². The van der Waals surface area contributed by atoms with Crippen molar-refractivity contribution in [3.63, 3.8) is 0 Å². The van der Waals surface area contributed by atoms with E-state index in [-0.39, 0.29) is 44.1 Å². The van der Waals surface area contributed by atoms with Gasteiger partial charge in [0.05, 0.1) is 22.7 Å². The second kappa shape index (κ2) is 12.5. The van der Waals surface area contributed by atoms with Crippen LogP contribution in [0.25, 0.3) is 10.9 Å². The molecule has 0 spiro atoms. The lowest BCUT2D eigenvalue weighted by Crippen LogP contribution is -2.50. The minimum absolute atomic E-state index is 0.0550. The third kappa shape index (κ3) is 6.46. The molecule has 0 saturated carbocycles. The summed E-state index contributed by atoms with van der Waals surface area (Å²) in [7, 11) is 1.49. The number of piperidine rings is 1. The average Bonchev–Trinajstić information content (AvgIpc) is 3.28. The standard InChI is InChI=1S/C31H34ClF3N6O4/c1-45-18-41-28-23(15-36-41)24-16-39(17-31(33,34)35)29(43)21(12-20(24)13-25(28)32)14-27(42)38-9-7-22(8-10-38)40-11-6-19-4-2-3-5-26(19)37-30(40)44/h2-5,13,15,21-22H,6-12,14,16-18H2,1H3,(H,37,44)/t21-/m0/s1. The van der Waals surface area contributed by atoms with Crippen molar-refractivity contribution in [2.24, 2.45) is 5.92 Å². The molecule has 3 aromatic rings. The van der Waals surface area contributed by atoms with E-state index in [1.165, 1.54) is 18.0 Å². The highest BCUT2D eigenvalue weighted by Crippen LogP contribution is 2.36. The first-order valence-electron chi connectivity index (χ1n) is 15.0.